The molecule has 3 aliphatic rings. The molecular weight excluding hydrogens is 502 g/mol. The molecule has 0 radical (unpaired) electrons. The van der Waals surface area contributed by atoms with Crippen molar-refractivity contribution in [2.45, 2.75) is 63.5 Å². The lowest BCUT2D eigenvalue weighted by Gasteiger charge is -2.57. The van der Waals surface area contributed by atoms with E-state index in [9.17, 15) is 9.59 Å². The molecule has 3 saturated heterocycles. The number of aromatic amines is 1. The zero-order chi connectivity index (χ0) is 27.5. The normalized spacial score (nSPS) is 24.5. The number of methoxy groups -OCH3 is 1. The Morgan fingerprint density at radius 1 is 1.18 bits per heavy atom. The molecule has 0 spiro atoms. The molecular formula is C32H41N5O3. The molecule has 2 amide bonds. The number of nitrogens with one attached hydrogen (secondary N) is 2. The van der Waals surface area contributed by atoms with Gasteiger partial charge >= 0.3 is 0 Å². The quantitative estimate of drug-likeness (QED) is 0.417. The number of carbonyl (C=O) groups is 2. The molecule has 0 aliphatic carbocycles. The molecule has 3 fully saturated rings. The van der Waals surface area contributed by atoms with Crippen molar-refractivity contribution in [3.63, 3.8) is 0 Å². The van der Waals surface area contributed by atoms with Gasteiger partial charge in [0.05, 0.1) is 12.7 Å². The van der Waals surface area contributed by atoms with Crippen LogP contribution in [0.1, 0.15) is 60.9 Å². The molecule has 0 bridgehead atoms. The fraction of sp³-hybridized carbons (Fsp3) is 0.531. The third kappa shape index (κ3) is 5.46. The second-order valence-corrected chi connectivity index (χ2v) is 11.7. The highest BCUT2D eigenvalue weighted by Gasteiger charge is 2.49. The number of likely N-dealkylation sites (tertiary alicyclic amines) is 1. The zero-order valence-electron chi connectivity index (χ0n) is 23.5. The Bertz CT molecular complexity index is 1320. The molecule has 5 heterocycles. The number of hydrogen-bond donors (Lipinski definition) is 2. The third-order valence-electron chi connectivity index (χ3n) is 9.44. The minimum atomic E-state index is 0.0826. The molecule has 8 nitrogen and oxygen atoms in total. The molecule has 40 heavy (non-hydrogen) atoms. The highest BCUT2D eigenvalue weighted by molar-refractivity contribution is 5.94. The maximum absolute atomic E-state index is 13.7. The largest absolute Gasteiger partial charge is 0.497 e. The van der Waals surface area contributed by atoms with E-state index in [4.69, 9.17) is 4.74 Å². The van der Waals surface area contributed by atoms with Gasteiger partial charge in [-0.3, -0.25) is 19.5 Å². The second kappa shape index (κ2) is 12.0. The molecule has 6 rings (SSSR count). The van der Waals surface area contributed by atoms with Crippen molar-refractivity contribution in [1.29, 1.82) is 0 Å². The Hall–Kier alpha value is -3.39. The lowest BCUT2D eigenvalue weighted by Crippen LogP contribution is -2.65. The van der Waals surface area contributed by atoms with E-state index in [0.29, 0.717) is 36.4 Å². The summed E-state index contributed by atoms with van der Waals surface area (Å²) in [5.41, 5.74) is 2.91. The van der Waals surface area contributed by atoms with E-state index in [0.717, 1.165) is 42.5 Å². The van der Waals surface area contributed by atoms with Crippen LogP contribution in [0.3, 0.4) is 0 Å². The van der Waals surface area contributed by atoms with Crippen molar-refractivity contribution in [2.75, 3.05) is 33.3 Å². The van der Waals surface area contributed by atoms with Gasteiger partial charge in [0.15, 0.2) is 0 Å². The lowest BCUT2D eigenvalue weighted by molar-refractivity contribution is -0.121. The Morgan fingerprint density at radius 2 is 2.05 bits per heavy atom. The number of amides is 2. The molecule has 2 N–H and O–H groups in total. The monoisotopic (exact) mass is 543 g/mol. The predicted octanol–water partition coefficient (Wildman–Crippen LogP) is 4.42. The number of aromatic nitrogens is 2. The fourth-order valence-electron chi connectivity index (χ4n) is 7.64. The van der Waals surface area contributed by atoms with Crippen LogP contribution in [-0.2, 0) is 11.2 Å². The summed E-state index contributed by atoms with van der Waals surface area (Å²) >= 11 is 0. The summed E-state index contributed by atoms with van der Waals surface area (Å²) in [4.78, 5) is 38.9. The van der Waals surface area contributed by atoms with Crippen molar-refractivity contribution in [3.05, 3.63) is 60.0 Å². The first kappa shape index (κ1) is 26.8. The first-order chi connectivity index (χ1) is 19.6. The van der Waals surface area contributed by atoms with Crippen molar-refractivity contribution < 1.29 is 14.3 Å². The van der Waals surface area contributed by atoms with Crippen LogP contribution in [-0.4, -0.2) is 77.0 Å². The number of nitrogens with zero attached hydrogens (tertiary/aromatic N) is 3. The van der Waals surface area contributed by atoms with E-state index in [1.54, 1.807) is 19.5 Å². The smallest absolute Gasteiger partial charge is 0.255 e. The minimum absolute atomic E-state index is 0.0826. The average molecular weight is 544 g/mol. The Morgan fingerprint density at radius 3 is 2.88 bits per heavy atom. The molecule has 3 aliphatic heterocycles. The summed E-state index contributed by atoms with van der Waals surface area (Å²) in [6.45, 7) is 3.79. The Balaban J connectivity index is 1.07. The number of H-pyrrole nitrogens is 1. The predicted molar refractivity (Wildman–Crippen MR) is 155 cm³/mol. The van der Waals surface area contributed by atoms with Crippen LogP contribution in [0.5, 0.6) is 5.75 Å². The summed E-state index contributed by atoms with van der Waals surface area (Å²) in [6, 6.07) is 10.5. The van der Waals surface area contributed by atoms with Crippen LogP contribution in [0.15, 0.2) is 48.9 Å². The van der Waals surface area contributed by atoms with E-state index >= 15 is 0 Å². The number of pyridine rings is 1. The van der Waals surface area contributed by atoms with Crippen LogP contribution < -0.4 is 10.1 Å². The first-order valence-electron chi connectivity index (χ1n) is 15.0. The van der Waals surface area contributed by atoms with Gasteiger partial charge in [0.2, 0.25) is 5.91 Å². The van der Waals surface area contributed by atoms with E-state index < -0.39 is 0 Å². The summed E-state index contributed by atoms with van der Waals surface area (Å²) in [7, 11) is 1.67. The van der Waals surface area contributed by atoms with Gasteiger partial charge in [-0.1, -0.05) is 0 Å². The molecule has 2 aromatic heterocycles. The molecule has 1 aromatic carbocycles. The second-order valence-electron chi connectivity index (χ2n) is 11.7. The molecule has 4 atom stereocenters. The summed E-state index contributed by atoms with van der Waals surface area (Å²) in [6.07, 6.45) is 13.1. The van der Waals surface area contributed by atoms with E-state index in [1.165, 1.54) is 44.3 Å². The molecule has 3 aromatic rings. The number of hydrogen-bond acceptors (Lipinski definition) is 5. The fourth-order valence-corrected chi connectivity index (χ4v) is 7.64. The van der Waals surface area contributed by atoms with Crippen molar-refractivity contribution in [3.8, 4) is 5.75 Å². The highest BCUT2D eigenvalue weighted by atomic mass is 16.5. The third-order valence-corrected chi connectivity index (χ3v) is 9.44. The number of carbonyl (C=O) groups excluding carboxylic acids is 2. The molecule has 212 valence electrons. The van der Waals surface area contributed by atoms with Crippen molar-refractivity contribution >= 4 is 22.7 Å². The Kier molecular flexibility index (Phi) is 8.05. The average Bonchev–Trinajstić information content (AvgIpc) is 3.40. The van der Waals surface area contributed by atoms with Gasteiger partial charge in [-0.2, -0.15) is 0 Å². The maximum atomic E-state index is 13.7. The van der Waals surface area contributed by atoms with Gasteiger partial charge in [-0.05, 0) is 106 Å². The first-order valence-corrected chi connectivity index (χ1v) is 15.0. The van der Waals surface area contributed by atoms with Crippen molar-refractivity contribution in [2.24, 2.45) is 11.8 Å². The van der Waals surface area contributed by atoms with Gasteiger partial charge in [0.25, 0.3) is 5.91 Å². The van der Waals surface area contributed by atoms with E-state index in [2.05, 4.69) is 25.1 Å². The molecule has 0 saturated carbocycles. The van der Waals surface area contributed by atoms with E-state index in [-0.39, 0.29) is 17.9 Å². The van der Waals surface area contributed by atoms with Gasteiger partial charge in [0.1, 0.15) is 5.75 Å². The van der Waals surface area contributed by atoms with Gasteiger partial charge in [0, 0.05) is 61.1 Å². The number of piperidine rings is 3. The standard InChI is InChI=1S/C32H41N5O3/c1-40-25-11-12-28-27(18-25)22(20-35-28)13-15-34-30(38)10-2-9-29-26-8-5-17-36-16-4-7-24(31(26)36)21-37(29)32(39)23-6-3-14-33-19-23/h3,6,11-12,14,18-20,24,26,29,31,35H,2,4-5,7-10,13,15-17,21H2,1H3,(H,34,38)/t24-,26+,29+,31-/m0/s1. The molecule has 0 unspecified atom stereocenters. The van der Waals surface area contributed by atoms with Crippen LogP contribution >= 0.6 is 0 Å². The SMILES string of the molecule is COc1ccc2[nH]cc(CCNC(=O)CCC[C@@H]3[C@H]4CCCN5CCC[C@@H](CN3C(=O)c3cccnc3)[C@@H]45)c2c1. The number of fused-ring (bicyclic) bond motifs is 1. The lowest BCUT2D eigenvalue weighted by atomic mass is 9.69. The number of rotatable bonds is 9. The van der Waals surface area contributed by atoms with Crippen LogP contribution in [0.2, 0.25) is 0 Å². The molecule has 8 heteroatoms. The summed E-state index contributed by atoms with van der Waals surface area (Å²) in [5, 5.41) is 4.25. The van der Waals surface area contributed by atoms with Crippen molar-refractivity contribution in [1.82, 2.24) is 25.1 Å². The Labute approximate surface area is 236 Å². The maximum Gasteiger partial charge on any atom is 0.255 e. The van der Waals surface area contributed by atoms with E-state index in [1.807, 2.05) is 36.5 Å². The minimum Gasteiger partial charge on any atom is -0.497 e. The highest BCUT2D eigenvalue weighted by Crippen LogP contribution is 2.43. The van der Waals surface area contributed by atoms with Gasteiger partial charge < -0.3 is 19.9 Å². The van der Waals surface area contributed by atoms with Gasteiger partial charge in [-0.25, -0.2) is 0 Å². The zero-order valence-corrected chi connectivity index (χ0v) is 23.5. The topological polar surface area (TPSA) is 90.6 Å². The number of ether oxygens (including phenoxy) is 1. The van der Waals surface area contributed by atoms with Gasteiger partial charge in [-0.15, -0.1) is 0 Å². The number of benzene rings is 1. The summed E-state index contributed by atoms with van der Waals surface area (Å²) in [5.74, 6) is 2.04. The van der Waals surface area contributed by atoms with Crippen LogP contribution in [0, 0.1) is 11.8 Å². The van der Waals surface area contributed by atoms with Crippen LogP contribution in [0.4, 0.5) is 0 Å². The van der Waals surface area contributed by atoms with Crippen LogP contribution in [0.25, 0.3) is 10.9 Å². The summed E-state index contributed by atoms with van der Waals surface area (Å²) < 4.78 is 5.37.